The molecule has 0 heterocycles. The molecular formula is C17H17NO5S. The Balaban J connectivity index is 2.10. The van der Waals surface area contributed by atoms with Gasteiger partial charge in [-0.05, 0) is 48.0 Å². The largest absolute Gasteiger partial charge is 0.504 e. The monoisotopic (exact) mass is 347 g/mol. The van der Waals surface area contributed by atoms with E-state index in [0.29, 0.717) is 22.6 Å². The van der Waals surface area contributed by atoms with Crippen LogP contribution < -0.4 is 9.46 Å². The maximum absolute atomic E-state index is 12.1. The zero-order valence-electron chi connectivity index (χ0n) is 13.2. The second-order valence-electron chi connectivity index (χ2n) is 5.08. The number of carbonyl (C=O) groups excluding carboxylic acids is 1. The number of benzene rings is 2. The summed E-state index contributed by atoms with van der Waals surface area (Å²) in [5, 5.41) is 9.70. The minimum Gasteiger partial charge on any atom is -0.504 e. The zero-order valence-corrected chi connectivity index (χ0v) is 14.0. The Kier molecular flexibility index (Phi) is 5.25. The molecule has 0 saturated carbocycles. The SMILES string of the molecule is COc1ccc(C=CC(=O)c2ccc(NS(C)(=O)=O)cc2)cc1O. The Hall–Kier alpha value is -2.80. The first-order valence-electron chi connectivity index (χ1n) is 6.96. The van der Waals surface area contributed by atoms with E-state index in [0.717, 1.165) is 6.26 Å². The molecule has 126 valence electrons. The van der Waals surface area contributed by atoms with Crippen LogP contribution in [-0.4, -0.2) is 32.7 Å². The highest BCUT2D eigenvalue weighted by atomic mass is 32.2. The third kappa shape index (κ3) is 4.85. The smallest absolute Gasteiger partial charge is 0.229 e. The summed E-state index contributed by atoms with van der Waals surface area (Å²) in [5.41, 5.74) is 1.46. The highest BCUT2D eigenvalue weighted by Gasteiger charge is 2.05. The van der Waals surface area contributed by atoms with Crippen molar-refractivity contribution in [2.24, 2.45) is 0 Å². The molecule has 6 nitrogen and oxygen atoms in total. The van der Waals surface area contributed by atoms with Crippen LogP contribution in [0, 0.1) is 0 Å². The molecule has 0 aliphatic carbocycles. The van der Waals surface area contributed by atoms with Gasteiger partial charge in [-0.15, -0.1) is 0 Å². The Labute approximate surface area is 140 Å². The minimum atomic E-state index is -3.35. The van der Waals surface area contributed by atoms with Crippen LogP contribution >= 0.6 is 0 Å². The number of ether oxygens (including phenoxy) is 1. The van der Waals surface area contributed by atoms with Crippen LogP contribution in [0.15, 0.2) is 48.5 Å². The first-order chi connectivity index (χ1) is 11.3. The van der Waals surface area contributed by atoms with Gasteiger partial charge in [0.25, 0.3) is 0 Å². The van der Waals surface area contributed by atoms with Gasteiger partial charge in [0.1, 0.15) is 0 Å². The quantitative estimate of drug-likeness (QED) is 0.619. The third-order valence-corrected chi connectivity index (χ3v) is 3.71. The molecule has 2 aromatic carbocycles. The molecule has 2 aromatic rings. The number of ketones is 1. The normalized spacial score (nSPS) is 11.4. The first kappa shape index (κ1) is 17.6. The average molecular weight is 347 g/mol. The lowest BCUT2D eigenvalue weighted by Gasteiger charge is -2.04. The fourth-order valence-corrected chi connectivity index (χ4v) is 2.56. The number of hydrogen-bond acceptors (Lipinski definition) is 5. The molecule has 0 amide bonds. The Morgan fingerprint density at radius 2 is 1.83 bits per heavy atom. The van der Waals surface area contributed by atoms with Crippen molar-refractivity contribution < 1.29 is 23.1 Å². The van der Waals surface area contributed by atoms with E-state index in [1.165, 1.54) is 43.5 Å². The van der Waals surface area contributed by atoms with Gasteiger partial charge >= 0.3 is 0 Å². The summed E-state index contributed by atoms with van der Waals surface area (Å²) in [5.74, 6) is 0.104. The summed E-state index contributed by atoms with van der Waals surface area (Å²) in [6, 6.07) is 10.9. The van der Waals surface area contributed by atoms with Crippen LogP contribution in [0.2, 0.25) is 0 Å². The lowest BCUT2D eigenvalue weighted by atomic mass is 10.1. The number of allylic oxidation sites excluding steroid dienone is 1. The molecule has 0 aromatic heterocycles. The Morgan fingerprint density at radius 1 is 1.17 bits per heavy atom. The van der Waals surface area contributed by atoms with Crippen molar-refractivity contribution in [1.29, 1.82) is 0 Å². The van der Waals surface area contributed by atoms with E-state index in [4.69, 9.17) is 4.74 Å². The first-order valence-corrected chi connectivity index (χ1v) is 8.85. The van der Waals surface area contributed by atoms with Gasteiger partial charge in [-0.2, -0.15) is 0 Å². The van der Waals surface area contributed by atoms with E-state index in [1.807, 2.05) is 0 Å². The lowest BCUT2D eigenvalue weighted by molar-refractivity contribution is 0.104. The molecule has 0 atom stereocenters. The van der Waals surface area contributed by atoms with Crippen molar-refractivity contribution in [3.63, 3.8) is 0 Å². The number of sulfonamides is 1. The molecule has 0 fully saturated rings. The fraction of sp³-hybridized carbons (Fsp3) is 0.118. The molecule has 0 aliphatic heterocycles. The van der Waals surface area contributed by atoms with Crippen LogP contribution in [0.25, 0.3) is 6.08 Å². The van der Waals surface area contributed by atoms with E-state index in [-0.39, 0.29) is 11.5 Å². The minimum absolute atomic E-state index is 0.0108. The number of phenolic OH excluding ortho intramolecular Hbond substituents is 1. The Morgan fingerprint density at radius 3 is 2.38 bits per heavy atom. The van der Waals surface area contributed by atoms with Gasteiger partial charge in [0.2, 0.25) is 10.0 Å². The number of nitrogens with one attached hydrogen (secondary N) is 1. The number of aromatic hydroxyl groups is 1. The summed E-state index contributed by atoms with van der Waals surface area (Å²) in [7, 11) is -1.89. The predicted octanol–water partition coefficient (Wildman–Crippen LogP) is 2.67. The molecule has 7 heteroatoms. The van der Waals surface area contributed by atoms with Crippen molar-refractivity contribution in [2.45, 2.75) is 0 Å². The van der Waals surface area contributed by atoms with Crippen molar-refractivity contribution in [1.82, 2.24) is 0 Å². The number of hydrogen-bond donors (Lipinski definition) is 2. The van der Waals surface area contributed by atoms with E-state index in [9.17, 15) is 18.3 Å². The second kappa shape index (κ2) is 7.18. The molecule has 0 bridgehead atoms. The van der Waals surface area contributed by atoms with Gasteiger partial charge in [0.05, 0.1) is 13.4 Å². The Bertz CT molecular complexity index is 870. The highest BCUT2D eigenvalue weighted by Crippen LogP contribution is 2.26. The lowest BCUT2D eigenvalue weighted by Crippen LogP contribution is -2.09. The molecule has 0 saturated heterocycles. The molecule has 2 rings (SSSR count). The van der Waals surface area contributed by atoms with E-state index >= 15 is 0 Å². The van der Waals surface area contributed by atoms with Crippen LogP contribution in [0.4, 0.5) is 5.69 Å². The zero-order chi connectivity index (χ0) is 17.7. The van der Waals surface area contributed by atoms with Gasteiger partial charge in [-0.3, -0.25) is 9.52 Å². The number of rotatable bonds is 6. The highest BCUT2D eigenvalue weighted by molar-refractivity contribution is 7.92. The molecule has 0 radical (unpaired) electrons. The number of methoxy groups -OCH3 is 1. The predicted molar refractivity (Wildman–Crippen MR) is 92.9 cm³/mol. The molecular weight excluding hydrogens is 330 g/mol. The standard InChI is InChI=1S/C17H17NO5S/c1-23-17-10-4-12(11-16(17)20)3-9-15(19)13-5-7-14(8-6-13)18-24(2,21)22/h3-11,18,20H,1-2H3. The second-order valence-corrected chi connectivity index (χ2v) is 6.83. The van der Waals surface area contributed by atoms with Gasteiger partial charge in [0.15, 0.2) is 17.3 Å². The van der Waals surface area contributed by atoms with E-state index in [2.05, 4.69) is 4.72 Å². The maximum Gasteiger partial charge on any atom is 0.229 e. The third-order valence-electron chi connectivity index (χ3n) is 3.10. The summed E-state index contributed by atoms with van der Waals surface area (Å²) < 4.78 is 29.5. The van der Waals surface area contributed by atoms with Gasteiger partial charge in [0, 0.05) is 11.3 Å². The topological polar surface area (TPSA) is 92.7 Å². The van der Waals surface area contributed by atoms with Crippen LogP contribution in [0.1, 0.15) is 15.9 Å². The van der Waals surface area contributed by atoms with E-state index in [1.54, 1.807) is 18.2 Å². The maximum atomic E-state index is 12.1. The van der Waals surface area contributed by atoms with Gasteiger partial charge < -0.3 is 9.84 Å². The van der Waals surface area contributed by atoms with Crippen molar-refractivity contribution in [2.75, 3.05) is 18.1 Å². The molecule has 24 heavy (non-hydrogen) atoms. The molecule has 0 spiro atoms. The number of carbonyl (C=O) groups is 1. The summed E-state index contributed by atoms with van der Waals surface area (Å²) >= 11 is 0. The van der Waals surface area contributed by atoms with Crippen LogP contribution in [-0.2, 0) is 10.0 Å². The summed E-state index contributed by atoms with van der Waals surface area (Å²) in [6.07, 6.45) is 4.00. The van der Waals surface area contributed by atoms with Crippen molar-refractivity contribution in [3.05, 3.63) is 59.7 Å². The van der Waals surface area contributed by atoms with Crippen LogP contribution in [0.3, 0.4) is 0 Å². The summed E-state index contributed by atoms with van der Waals surface area (Å²) in [6.45, 7) is 0. The number of anilines is 1. The molecule has 0 aliphatic rings. The van der Waals surface area contributed by atoms with Crippen LogP contribution in [0.5, 0.6) is 11.5 Å². The molecule has 0 unspecified atom stereocenters. The van der Waals surface area contributed by atoms with Gasteiger partial charge in [-0.1, -0.05) is 12.1 Å². The summed E-state index contributed by atoms with van der Waals surface area (Å²) in [4.78, 5) is 12.1. The average Bonchev–Trinajstić information content (AvgIpc) is 2.52. The van der Waals surface area contributed by atoms with Crippen molar-refractivity contribution >= 4 is 27.6 Å². The fourth-order valence-electron chi connectivity index (χ4n) is 2.00. The number of phenols is 1. The van der Waals surface area contributed by atoms with Gasteiger partial charge in [-0.25, -0.2) is 8.42 Å². The van der Waals surface area contributed by atoms with E-state index < -0.39 is 10.0 Å². The van der Waals surface area contributed by atoms with Crippen molar-refractivity contribution in [3.8, 4) is 11.5 Å². The molecule has 2 N–H and O–H groups in total.